The molecule has 2 rings (SSSR count). The van der Waals surface area contributed by atoms with Gasteiger partial charge in [-0.3, -0.25) is 4.79 Å². The fourth-order valence-electron chi connectivity index (χ4n) is 2.16. The molecule has 24 heavy (non-hydrogen) atoms. The first-order valence-electron chi connectivity index (χ1n) is 7.58. The first-order chi connectivity index (χ1) is 11.6. The van der Waals surface area contributed by atoms with Gasteiger partial charge in [0.1, 0.15) is 6.61 Å². The van der Waals surface area contributed by atoms with E-state index in [0.717, 1.165) is 5.56 Å². The Morgan fingerprint density at radius 2 is 1.92 bits per heavy atom. The lowest BCUT2D eigenvalue weighted by molar-refractivity contribution is 0.0953. The Labute approximate surface area is 146 Å². The number of ether oxygens (including phenoxy) is 2. The summed E-state index contributed by atoms with van der Waals surface area (Å²) in [6.45, 7) is 0.540. The number of rotatable bonds is 8. The summed E-state index contributed by atoms with van der Waals surface area (Å²) in [5.74, 6) is 0.749. The normalized spacial score (nSPS) is 10.3. The van der Waals surface area contributed by atoms with Crippen LogP contribution in [0.2, 0.25) is 5.02 Å². The van der Waals surface area contributed by atoms with Gasteiger partial charge in [0.25, 0.3) is 5.91 Å². The zero-order valence-corrected chi connectivity index (χ0v) is 14.2. The molecule has 128 valence electrons. The average molecular weight is 350 g/mol. The minimum Gasteiger partial charge on any atom is -0.493 e. The third-order valence-corrected chi connectivity index (χ3v) is 3.64. The van der Waals surface area contributed by atoms with E-state index in [1.54, 1.807) is 18.2 Å². The fourth-order valence-corrected chi connectivity index (χ4v) is 2.29. The van der Waals surface area contributed by atoms with Crippen molar-refractivity contribution in [1.29, 1.82) is 0 Å². The summed E-state index contributed by atoms with van der Waals surface area (Å²) in [4.78, 5) is 12.2. The highest BCUT2D eigenvalue weighted by atomic mass is 35.5. The minimum absolute atomic E-state index is 0.110. The van der Waals surface area contributed by atoms with Crippen LogP contribution in [-0.2, 0) is 6.42 Å². The van der Waals surface area contributed by atoms with Gasteiger partial charge in [0.15, 0.2) is 11.5 Å². The number of nitrogens with one attached hydrogen (secondary N) is 1. The molecule has 0 spiro atoms. The molecule has 0 heterocycles. The van der Waals surface area contributed by atoms with Crippen LogP contribution in [0, 0.1) is 0 Å². The number of methoxy groups -OCH3 is 1. The highest BCUT2D eigenvalue weighted by Crippen LogP contribution is 2.28. The van der Waals surface area contributed by atoms with Gasteiger partial charge in [0.05, 0.1) is 13.7 Å². The molecule has 0 aliphatic heterocycles. The van der Waals surface area contributed by atoms with Gasteiger partial charge >= 0.3 is 0 Å². The number of aliphatic hydroxyl groups is 1. The Hall–Kier alpha value is -2.24. The monoisotopic (exact) mass is 349 g/mol. The van der Waals surface area contributed by atoms with Crippen molar-refractivity contribution in [3.8, 4) is 11.5 Å². The number of hydrogen-bond acceptors (Lipinski definition) is 4. The Bertz CT molecular complexity index is 673. The Morgan fingerprint density at radius 1 is 1.17 bits per heavy atom. The van der Waals surface area contributed by atoms with Crippen LogP contribution in [0.25, 0.3) is 0 Å². The second kappa shape index (κ2) is 9.15. The lowest BCUT2D eigenvalue weighted by Gasteiger charge is -2.12. The molecular formula is C18H20ClNO4. The number of halogens is 1. The molecule has 0 aliphatic rings. The predicted molar refractivity (Wildman–Crippen MR) is 93.1 cm³/mol. The van der Waals surface area contributed by atoms with Gasteiger partial charge in [-0.1, -0.05) is 23.7 Å². The maximum atomic E-state index is 12.2. The van der Waals surface area contributed by atoms with Crippen molar-refractivity contribution in [2.45, 2.75) is 6.42 Å². The predicted octanol–water partition coefficient (Wildman–Crippen LogP) is 2.69. The summed E-state index contributed by atoms with van der Waals surface area (Å²) < 4.78 is 10.6. The smallest absolute Gasteiger partial charge is 0.251 e. The molecule has 0 radical (unpaired) electrons. The maximum Gasteiger partial charge on any atom is 0.251 e. The summed E-state index contributed by atoms with van der Waals surface area (Å²) >= 11 is 5.84. The molecule has 0 bridgehead atoms. The number of amides is 1. The standard InChI is InChI=1S/C18H20ClNO4/c1-23-16-7-4-14(12-17(16)24-11-10-21)18(22)20-9-8-13-2-5-15(19)6-3-13/h2-7,12,21H,8-11H2,1H3,(H,20,22). The third-order valence-electron chi connectivity index (χ3n) is 3.39. The highest BCUT2D eigenvalue weighted by Gasteiger charge is 2.11. The van der Waals surface area contributed by atoms with E-state index in [0.29, 0.717) is 35.1 Å². The van der Waals surface area contributed by atoms with Gasteiger partial charge in [-0.15, -0.1) is 0 Å². The van der Waals surface area contributed by atoms with E-state index in [4.69, 9.17) is 26.2 Å². The van der Waals surface area contributed by atoms with Crippen LogP contribution >= 0.6 is 11.6 Å². The molecule has 1 amide bonds. The number of aliphatic hydroxyl groups excluding tert-OH is 1. The molecule has 0 saturated carbocycles. The Morgan fingerprint density at radius 3 is 2.58 bits per heavy atom. The molecule has 0 atom stereocenters. The largest absolute Gasteiger partial charge is 0.493 e. The summed E-state index contributed by atoms with van der Waals surface area (Å²) in [5, 5.41) is 12.4. The molecule has 2 aromatic carbocycles. The van der Waals surface area contributed by atoms with E-state index in [-0.39, 0.29) is 19.1 Å². The van der Waals surface area contributed by atoms with Crippen LogP contribution in [-0.4, -0.2) is 37.9 Å². The molecule has 0 aliphatic carbocycles. The zero-order chi connectivity index (χ0) is 17.4. The van der Waals surface area contributed by atoms with E-state index in [2.05, 4.69) is 5.32 Å². The molecule has 5 nitrogen and oxygen atoms in total. The number of hydrogen-bond donors (Lipinski definition) is 2. The number of carbonyl (C=O) groups is 1. The molecule has 0 aromatic heterocycles. The van der Waals surface area contributed by atoms with Crippen molar-refractivity contribution in [3.63, 3.8) is 0 Å². The SMILES string of the molecule is COc1ccc(C(=O)NCCc2ccc(Cl)cc2)cc1OCCO. The van der Waals surface area contributed by atoms with E-state index >= 15 is 0 Å². The summed E-state index contributed by atoms with van der Waals surface area (Å²) in [5.41, 5.74) is 1.57. The Balaban J connectivity index is 1.94. The molecule has 2 aromatic rings. The summed E-state index contributed by atoms with van der Waals surface area (Å²) in [6.07, 6.45) is 0.715. The van der Waals surface area contributed by atoms with E-state index < -0.39 is 0 Å². The molecule has 2 N–H and O–H groups in total. The molecule has 0 fully saturated rings. The van der Waals surface area contributed by atoms with Gasteiger partial charge in [-0.25, -0.2) is 0 Å². The minimum atomic E-state index is -0.194. The third kappa shape index (κ3) is 5.15. The first-order valence-corrected chi connectivity index (χ1v) is 7.96. The zero-order valence-electron chi connectivity index (χ0n) is 13.4. The topological polar surface area (TPSA) is 67.8 Å². The number of benzene rings is 2. The van der Waals surface area contributed by atoms with Crippen LogP contribution in [0.5, 0.6) is 11.5 Å². The maximum absolute atomic E-state index is 12.2. The van der Waals surface area contributed by atoms with Crippen molar-refractivity contribution in [1.82, 2.24) is 5.32 Å². The van der Waals surface area contributed by atoms with Gasteiger partial charge in [-0.05, 0) is 42.3 Å². The lowest BCUT2D eigenvalue weighted by Crippen LogP contribution is -2.25. The van der Waals surface area contributed by atoms with E-state index in [1.165, 1.54) is 7.11 Å². The number of carbonyl (C=O) groups excluding carboxylic acids is 1. The first kappa shape index (κ1) is 18.1. The van der Waals surface area contributed by atoms with Crippen LogP contribution in [0.4, 0.5) is 0 Å². The summed E-state index contributed by atoms with van der Waals surface area (Å²) in [7, 11) is 1.52. The average Bonchev–Trinajstić information content (AvgIpc) is 2.61. The van der Waals surface area contributed by atoms with Crippen molar-refractivity contribution in [2.75, 3.05) is 26.9 Å². The van der Waals surface area contributed by atoms with Gasteiger partial charge in [-0.2, -0.15) is 0 Å². The second-order valence-corrected chi connectivity index (χ2v) is 5.51. The molecule has 0 unspecified atom stereocenters. The van der Waals surface area contributed by atoms with E-state index in [9.17, 15) is 4.79 Å². The van der Waals surface area contributed by atoms with Gasteiger partial charge in [0, 0.05) is 17.1 Å². The summed E-state index contributed by atoms with van der Waals surface area (Å²) in [6, 6.07) is 12.5. The van der Waals surface area contributed by atoms with Gasteiger partial charge in [0.2, 0.25) is 0 Å². The van der Waals surface area contributed by atoms with Crippen LogP contribution in [0.15, 0.2) is 42.5 Å². The van der Waals surface area contributed by atoms with Crippen molar-refractivity contribution < 1.29 is 19.4 Å². The van der Waals surface area contributed by atoms with Crippen molar-refractivity contribution >= 4 is 17.5 Å². The fraction of sp³-hybridized carbons (Fsp3) is 0.278. The van der Waals surface area contributed by atoms with Crippen LogP contribution in [0.1, 0.15) is 15.9 Å². The van der Waals surface area contributed by atoms with Crippen LogP contribution in [0.3, 0.4) is 0 Å². The molecular weight excluding hydrogens is 330 g/mol. The Kier molecular flexibility index (Phi) is 6.90. The molecule has 0 saturated heterocycles. The van der Waals surface area contributed by atoms with Crippen molar-refractivity contribution in [2.24, 2.45) is 0 Å². The quantitative estimate of drug-likeness (QED) is 0.769. The van der Waals surface area contributed by atoms with Crippen molar-refractivity contribution in [3.05, 3.63) is 58.6 Å². The van der Waals surface area contributed by atoms with Gasteiger partial charge < -0.3 is 19.9 Å². The van der Waals surface area contributed by atoms with E-state index in [1.807, 2.05) is 24.3 Å². The second-order valence-electron chi connectivity index (χ2n) is 5.07. The molecule has 6 heteroatoms. The lowest BCUT2D eigenvalue weighted by atomic mass is 10.1. The van der Waals surface area contributed by atoms with Crippen LogP contribution < -0.4 is 14.8 Å². The highest BCUT2D eigenvalue weighted by molar-refractivity contribution is 6.30.